The molecule has 1 aromatic rings. The number of unbranched alkanes of at least 4 members (excludes halogenated alkanes) is 1. The average Bonchev–Trinajstić information content (AvgIpc) is 2.39. The molecule has 0 saturated heterocycles. The van der Waals surface area contributed by atoms with Crippen LogP contribution in [-0.2, 0) is 0 Å². The van der Waals surface area contributed by atoms with Crippen LogP contribution >= 0.6 is 0 Å². The maximum atomic E-state index is 3.87. The van der Waals surface area contributed by atoms with E-state index in [1.54, 1.807) is 5.57 Å². The predicted molar refractivity (Wildman–Crippen MR) is 78.0 cm³/mol. The molecule has 0 aliphatic carbocycles. The molecule has 0 unspecified atom stereocenters. The first-order chi connectivity index (χ1) is 8.33. The van der Waals surface area contributed by atoms with E-state index in [4.69, 9.17) is 0 Å². The van der Waals surface area contributed by atoms with Crippen LogP contribution in [0.25, 0.3) is 5.57 Å². The summed E-state index contributed by atoms with van der Waals surface area (Å²) in [6, 6.07) is 10.8. The van der Waals surface area contributed by atoms with Gasteiger partial charge in [0, 0.05) is 0 Å². The summed E-state index contributed by atoms with van der Waals surface area (Å²) < 4.78 is 0. The third-order valence-corrected chi connectivity index (χ3v) is 3.15. The van der Waals surface area contributed by atoms with Gasteiger partial charge in [-0.05, 0) is 36.8 Å². The summed E-state index contributed by atoms with van der Waals surface area (Å²) in [6.45, 7) is 8.37. The number of hydrogen-bond acceptors (Lipinski definition) is 0. The van der Waals surface area contributed by atoms with Crippen molar-refractivity contribution >= 4 is 5.57 Å². The molecule has 0 radical (unpaired) electrons. The summed E-state index contributed by atoms with van der Waals surface area (Å²) in [5.41, 5.74) is 4.47. The quantitative estimate of drug-likeness (QED) is 0.532. The summed E-state index contributed by atoms with van der Waals surface area (Å²) in [6.07, 6.45) is 7.88. The Morgan fingerprint density at radius 2 is 1.88 bits per heavy atom. The van der Waals surface area contributed by atoms with Crippen LogP contribution in [0.2, 0.25) is 0 Å². The minimum Gasteiger partial charge on any atom is -0.103 e. The molecular formula is C17H24. The van der Waals surface area contributed by atoms with E-state index in [1.807, 2.05) is 6.08 Å². The molecule has 0 aromatic heterocycles. The van der Waals surface area contributed by atoms with Gasteiger partial charge in [-0.1, -0.05) is 62.2 Å². The highest BCUT2D eigenvalue weighted by Gasteiger charge is 2.06. The zero-order valence-corrected chi connectivity index (χ0v) is 11.2. The Morgan fingerprint density at radius 1 is 1.18 bits per heavy atom. The van der Waals surface area contributed by atoms with Crippen LogP contribution in [0.5, 0.6) is 0 Å². The van der Waals surface area contributed by atoms with Gasteiger partial charge in [0.25, 0.3) is 0 Å². The largest absolute Gasteiger partial charge is 0.103 e. The lowest BCUT2D eigenvalue weighted by Crippen LogP contribution is -1.92. The summed E-state index contributed by atoms with van der Waals surface area (Å²) in [5, 5.41) is 0. The number of benzene rings is 1. The average molecular weight is 228 g/mol. The van der Waals surface area contributed by atoms with Crippen LogP contribution in [-0.4, -0.2) is 0 Å². The van der Waals surface area contributed by atoms with Crippen LogP contribution in [0.15, 0.2) is 48.6 Å². The highest BCUT2D eigenvalue weighted by Crippen LogP contribution is 2.28. The lowest BCUT2D eigenvalue weighted by Gasteiger charge is -2.13. The summed E-state index contributed by atoms with van der Waals surface area (Å²) >= 11 is 0. The van der Waals surface area contributed by atoms with Gasteiger partial charge in [0.05, 0.1) is 0 Å². The van der Waals surface area contributed by atoms with E-state index in [-0.39, 0.29) is 0 Å². The third-order valence-electron chi connectivity index (χ3n) is 3.15. The Kier molecular flexibility index (Phi) is 6.39. The monoisotopic (exact) mass is 228 g/mol. The van der Waals surface area contributed by atoms with Gasteiger partial charge in [-0.2, -0.15) is 0 Å². The van der Waals surface area contributed by atoms with Crippen LogP contribution in [0.4, 0.5) is 0 Å². The molecule has 0 nitrogen and oxygen atoms in total. The van der Waals surface area contributed by atoms with E-state index in [0.717, 1.165) is 12.8 Å². The number of rotatable bonds is 7. The summed E-state index contributed by atoms with van der Waals surface area (Å²) in [4.78, 5) is 0. The lowest BCUT2D eigenvalue weighted by molar-refractivity contribution is 0.816. The van der Waals surface area contributed by atoms with Crippen molar-refractivity contribution in [2.24, 2.45) is 0 Å². The number of hydrogen-bond donors (Lipinski definition) is 0. The minimum absolute atomic E-state index is 1.02. The second-order valence-corrected chi connectivity index (χ2v) is 4.40. The highest BCUT2D eigenvalue weighted by atomic mass is 14.1. The molecule has 0 spiro atoms. The van der Waals surface area contributed by atoms with E-state index in [2.05, 4.69) is 50.8 Å². The van der Waals surface area contributed by atoms with Gasteiger partial charge in [-0.15, -0.1) is 6.58 Å². The van der Waals surface area contributed by atoms with Gasteiger partial charge in [0.1, 0.15) is 0 Å². The Bertz CT molecular complexity index is 357. The lowest BCUT2D eigenvalue weighted by atomic mass is 9.92. The first-order valence-corrected chi connectivity index (χ1v) is 6.70. The third kappa shape index (κ3) is 4.22. The van der Waals surface area contributed by atoms with Gasteiger partial charge in [0.15, 0.2) is 0 Å². The summed E-state index contributed by atoms with van der Waals surface area (Å²) in [5.74, 6) is 0. The molecule has 0 amide bonds. The number of allylic oxidation sites excluding steroid dienone is 3. The minimum atomic E-state index is 1.02. The van der Waals surface area contributed by atoms with Gasteiger partial charge < -0.3 is 0 Å². The molecule has 0 heteroatoms. The molecular weight excluding hydrogens is 204 g/mol. The molecule has 0 fully saturated rings. The van der Waals surface area contributed by atoms with Crippen LogP contribution in [0, 0.1) is 0 Å². The maximum Gasteiger partial charge on any atom is -0.0136 e. The molecule has 0 aliphatic rings. The van der Waals surface area contributed by atoms with Crippen molar-refractivity contribution < 1.29 is 0 Å². The Balaban J connectivity index is 3.05. The molecule has 0 aliphatic heterocycles. The normalized spacial score (nSPS) is 12.1. The fraction of sp³-hybridized carbons (Fsp3) is 0.412. The predicted octanol–water partition coefficient (Wildman–Crippen LogP) is 5.62. The molecule has 1 aromatic carbocycles. The topological polar surface area (TPSA) is 0 Å². The van der Waals surface area contributed by atoms with Crippen molar-refractivity contribution in [1.82, 2.24) is 0 Å². The molecule has 92 valence electrons. The SMILES string of the molecule is C=CC/C(CC)=C(/CCCC)c1ccccc1. The van der Waals surface area contributed by atoms with Crippen molar-refractivity contribution in [1.29, 1.82) is 0 Å². The van der Waals surface area contributed by atoms with Crippen molar-refractivity contribution in [3.05, 3.63) is 54.1 Å². The zero-order chi connectivity index (χ0) is 12.5. The molecule has 0 atom stereocenters. The molecule has 17 heavy (non-hydrogen) atoms. The van der Waals surface area contributed by atoms with E-state index < -0.39 is 0 Å². The molecule has 0 bridgehead atoms. The fourth-order valence-electron chi connectivity index (χ4n) is 2.17. The van der Waals surface area contributed by atoms with Crippen LogP contribution in [0.3, 0.4) is 0 Å². The Hall–Kier alpha value is -1.30. The van der Waals surface area contributed by atoms with Crippen molar-refractivity contribution in [3.63, 3.8) is 0 Å². The van der Waals surface area contributed by atoms with Gasteiger partial charge in [-0.25, -0.2) is 0 Å². The first-order valence-electron chi connectivity index (χ1n) is 6.70. The Morgan fingerprint density at radius 3 is 2.41 bits per heavy atom. The van der Waals surface area contributed by atoms with Crippen molar-refractivity contribution in [2.75, 3.05) is 0 Å². The molecule has 0 heterocycles. The molecule has 0 N–H and O–H groups in total. The Labute approximate surface area is 106 Å². The second-order valence-electron chi connectivity index (χ2n) is 4.40. The molecule has 1 rings (SSSR count). The van der Waals surface area contributed by atoms with Crippen molar-refractivity contribution in [2.45, 2.75) is 46.0 Å². The van der Waals surface area contributed by atoms with Crippen LogP contribution in [0.1, 0.15) is 51.5 Å². The van der Waals surface area contributed by atoms with Gasteiger partial charge in [0.2, 0.25) is 0 Å². The maximum absolute atomic E-state index is 3.87. The summed E-state index contributed by atoms with van der Waals surface area (Å²) in [7, 11) is 0. The highest BCUT2D eigenvalue weighted by molar-refractivity contribution is 5.68. The van der Waals surface area contributed by atoms with Crippen molar-refractivity contribution in [3.8, 4) is 0 Å². The van der Waals surface area contributed by atoms with E-state index in [9.17, 15) is 0 Å². The van der Waals surface area contributed by atoms with Gasteiger partial charge in [-0.3, -0.25) is 0 Å². The van der Waals surface area contributed by atoms with E-state index in [1.165, 1.54) is 30.4 Å². The molecule has 0 saturated carbocycles. The standard InChI is InChI=1S/C17H24/c1-4-7-14-17(15(6-3)11-5-2)16-12-9-8-10-13-16/h5,8-10,12-13H,2,4,6-7,11,14H2,1,3H3/b17-15-. The first kappa shape index (κ1) is 13.8. The van der Waals surface area contributed by atoms with Gasteiger partial charge >= 0.3 is 0 Å². The smallest absolute Gasteiger partial charge is 0.0136 e. The van der Waals surface area contributed by atoms with E-state index >= 15 is 0 Å². The zero-order valence-electron chi connectivity index (χ0n) is 11.2. The fourth-order valence-corrected chi connectivity index (χ4v) is 2.17. The van der Waals surface area contributed by atoms with Crippen LogP contribution < -0.4 is 0 Å². The van der Waals surface area contributed by atoms with E-state index in [0.29, 0.717) is 0 Å². The second kappa shape index (κ2) is 7.89.